The first-order valence-electron chi connectivity index (χ1n) is 4.81. The molecule has 0 bridgehead atoms. The van der Waals surface area contributed by atoms with E-state index in [0.29, 0.717) is 0 Å². The van der Waals surface area contributed by atoms with Crippen molar-refractivity contribution in [2.45, 2.75) is 13.0 Å². The minimum atomic E-state index is -1.21. The van der Waals surface area contributed by atoms with Crippen LogP contribution in [0.15, 0.2) is 18.2 Å². The molecular formula is C10H12N2O5. The number of nitro benzene ring substituents is 1. The van der Waals surface area contributed by atoms with Crippen LogP contribution in [0.2, 0.25) is 0 Å². The Bertz CT molecular complexity index is 446. The number of carboxylic acids is 1. The summed E-state index contributed by atoms with van der Waals surface area (Å²) in [4.78, 5) is 20.8. The van der Waals surface area contributed by atoms with Gasteiger partial charge in [-0.3, -0.25) is 10.1 Å². The molecule has 17 heavy (non-hydrogen) atoms. The van der Waals surface area contributed by atoms with E-state index in [1.807, 2.05) is 0 Å². The van der Waals surface area contributed by atoms with Crippen LogP contribution in [0.1, 0.15) is 5.56 Å². The van der Waals surface area contributed by atoms with E-state index in [2.05, 4.69) is 0 Å². The first kappa shape index (κ1) is 12.9. The number of carbonyl (C=O) groups is 1. The summed E-state index contributed by atoms with van der Waals surface area (Å²) in [5, 5.41) is 19.4. The molecule has 1 rings (SSSR count). The van der Waals surface area contributed by atoms with E-state index >= 15 is 0 Å². The largest absolute Gasteiger partial charge is 0.478 e. The molecule has 0 amide bonds. The van der Waals surface area contributed by atoms with E-state index in [0.717, 1.165) is 0 Å². The van der Waals surface area contributed by atoms with Crippen molar-refractivity contribution >= 4 is 11.7 Å². The molecule has 1 aromatic carbocycles. The molecule has 0 heterocycles. The Morgan fingerprint density at radius 1 is 1.65 bits per heavy atom. The number of hydrogen-bond donors (Lipinski definition) is 2. The highest BCUT2D eigenvalue weighted by Gasteiger charge is 2.21. The summed E-state index contributed by atoms with van der Waals surface area (Å²) in [5.74, 6) is -1.06. The smallest absolute Gasteiger partial charge is 0.346 e. The molecule has 0 saturated carbocycles. The number of hydrogen-bond acceptors (Lipinski definition) is 5. The highest BCUT2D eigenvalue weighted by molar-refractivity contribution is 5.73. The molecule has 0 radical (unpaired) electrons. The average Bonchev–Trinajstić information content (AvgIpc) is 2.26. The molecular weight excluding hydrogens is 228 g/mol. The molecule has 0 aromatic heterocycles. The van der Waals surface area contributed by atoms with Gasteiger partial charge in [0.15, 0.2) is 0 Å². The van der Waals surface area contributed by atoms with Gasteiger partial charge in [-0.1, -0.05) is 6.07 Å². The number of nitrogens with zero attached hydrogens (tertiary/aromatic N) is 1. The number of nitrogens with two attached hydrogens (primary N) is 1. The third kappa shape index (κ3) is 2.91. The van der Waals surface area contributed by atoms with Crippen molar-refractivity contribution in [2.24, 2.45) is 5.73 Å². The Kier molecular flexibility index (Phi) is 4.00. The molecule has 0 saturated heterocycles. The third-order valence-corrected chi connectivity index (χ3v) is 2.21. The molecule has 0 aliphatic heterocycles. The van der Waals surface area contributed by atoms with Gasteiger partial charge in [-0.05, 0) is 13.0 Å². The summed E-state index contributed by atoms with van der Waals surface area (Å²) in [6.45, 7) is 1.28. The SMILES string of the molecule is Cc1c(OC(CN)C(=O)O)cccc1[N+](=O)[O-]. The van der Waals surface area contributed by atoms with Crippen LogP contribution < -0.4 is 10.5 Å². The van der Waals surface area contributed by atoms with Crippen molar-refractivity contribution in [1.82, 2.24) is 0 Å². The minimum absolute atomic E-state index is 0.122. The van der Waals surface area contributed by atoms with Crippen LogP contribution in [-0.4, -0.2) is 28.6 Å². The number of carboxylic acid groups (broad SMARTS) is 1. The lowest BCUT2D eigenvalue weighted by molar-refractivity contribution is -0.385. The van der Waals surface area contributed by atoms with Crippen LogP contribution in [0.25, 0.3) is 0 Å². The van der Waals surface area contributed by atoms with Gasteiger partial charge in [0, 0.05) is 12.6 Å². The fourth-order valence-electron chi connectivity index (χ4n) is 1.28. The van der Waals surface area contributed by atoms with Crippen LogP contribution in [0.5, 0.6) is 5.75 Å². The van der Waals surface area contributed by atoms with Crippen molar-refractivity contribution in [3.8, 4) is 5.75 Å². The van der Waals surface area contributed by atoms with Crippen molar-refractivity contribution < 1.29 is 19.6 Å². The van der Waals surface area contributed by atoms with Crippen LogP contribution in [0, 0.1) is 17.0 Å². The molecule has 3 N–H and O–H groups in total. The molecule has 1 unspecified atom stereocenters. The second kappa shape index (κ2) is 5.26. The zero-order chi connectivity index (χ0) is 13.0. The lowest BCUT2D eigenvalue weighted by atomic mass is 10.2. The third-order valence-electron chi connectivity index (χ3n) is 2.21. The molecule has 7 nitrogen and oxygen atoms in total. The van der Waals surface area contributed by atoms with E-state index in [4.69, 9.17) is 15.6 Å². The van der Waals surface area contributed by atoms with E-state index < -0.39 is 17.0 Å². The Morgan fingerprint density at radius 3 is 2.76 bits per heavy atom. The normalized spacial score (nSPS) is 11.9. The first-order valence-corrected chi connectivity index (χ1v) is 4.81. The quantitative estimate of drug-likeness (QED) is 0.578. The average molecular weight is 240 g/mol. The Balaban J connectivity index is 3.03. The summed E-state index contributed by atoms with van der Waals surface area (Å²) < 4.78 is 5.12. The van der Waals surface area contributed by atoms with E-state index in [-0.39, 0.29) is 23.5 Å². The predicted octanol–water partition coefficient (Wildman–Crippen LogP) is 0.694. The van der Waals surface area contributed by atoms with Gasteiger partial charge >= 0.3 is 5.97 Å². The van der Waals surface area contributed by atoms with Crippen LogP contribution in [0.3, 0.4) is 0 Å². The first-order chi connectivity index (χ1) is 7.97. The topological polar surface area (TPSA) is 116 Å². The number of ether oxygens (including phenoxy) is 1. The van der Waals surface area contributed by atoms with Gasteiger partial charge in [-0.2, -0.15) is 0 Å². The molecule has 7 heteroatoms. The minimum Gasteiger partial charge on any atom is -0.478 e. The molecule has 0 aliphatic carbocycles. The number of rotatable bonds is 5. The predicted molar refractivity (Wildman–Crippen MR) is 58.9 cm³/mol. The van der Waals surface area contributed by atoms with Crippen LogP contribution >= 0.6 is 0 Å². The van der Waals surface area contributed by atoms with Gasteiger partial charge in [0.2, 0.25) is 6.10 Å². The second-order valence-electron chi connectivity index (χ2n) is 3.34. The summed E-state index contributed by atoms with van der Waals surface area (Å²) in [6, 6.07) is 4.21. The highest BCUT2D eigenvalue weighted by atomic mass is 16.6. The van der Waals surface area contributed by atoms with E-state index in [1.165, 1.54) is 25.1 Å². The monoisotopic (exact) mass is 240 g/mol. The van der Waals surface area contributed by atoms with Gasteiger partial charge in [0.1, 0.15) is 5.75 Å². The molecule has 1 aromatic rings. The van der Waals surface area contributed by atoms with Crippen molar-refractivity contribution in [3.63, 3.8) is 0 Å². The van der Waals surface area contributed by atoms with Gasteiger partial charge in [-0.15, -0.1) is 0 Å². The fourth-order valence-corrected chi connectivity index (χ4v) is 1.28. The summed E-state index contributed by atoms with van der Waals surface area (Å²) in [7, 11) is 0. The molecule has 0 fully saturated rings. The fraction of sp³-hybridized carbons (Fsp3) is 0.300. The Hall–Kier alpha value is -2.15. The van der Waals surface area contributed by atoms with Crippen molar-refractivity contribution in [1.29, 1.82) is 0 Å². The van der Waals surface area contributed by atoms with Crippen LogP contribution in [-0.2, 0) is 4.79 Å². The Morgan fingerprint density at radius 2 is 2.29 bits per heavy atom. The standard InChI is InChI=1S/C10H12N2O5/c1-6-7(12(15)16)3-2-4-8(6)17-9(5-11)10(13)14/h2-4,9H,5,11H2,1H3,(H,13,14). The zero-order valence-electron chi connectivity index (χ0n) is 9.12. The number of benzene rings is 1. The van der Waals surface area contributed by atoms with Gasteiger partial charge in [-0.25, -0.2) is 4.79 Å². The summed E-state index contributed by atoms with van der Waals surface area (Å²) in [6.07, 6.45) is -1.21. The van der Waals surface area contributed by atoms with Crippen molar-refractivity contribution in [3.05, 3.63) is 33.9 Å². The van der Waals surface area contributed by atoms with E-state index in [9.17, 15) is 14.9 Å². The maximum Gasteiger partial charge on any atom is 0.346 e. The molecule has 92 valence electrons. The van der Waals surface area contributed by atoms with Crippen molar-refractivity contribution in [2.75, 3.05) is 6.54 Å². The lowest BCUT2D eigenvalue weighted by Crippen LogP contribution is -2.34. The molecule has 0 spiro atoms. The summed E-state index contributed by atoms with van der Waals surface area (Å²) >= 11 is 0. The molecule has 0 aliphatic rings. The Labute approximate surface area is 97.0 Å². The highest BCUT2D eigenvalue weighted by Crippen LogP contribution is 2.27. The molecule has 1 atom stereocenters. The maximum absolute atomic E-state index is 10.7. The van der Waals surface area contributed by atoms with Crippen LogP contribution in [0.4, 0.5) is 5.69 Å². The van der Waals surface area contributed by atoms with Gasteiger partial charge in [0.25, 0.3) is 5.69 Å². The van der Waals surface area contributed by atoms with Gasteiger partial charge in [0.05, 0.1) is 10.5 Å². The number of nitro groups is 1. The summed E-state index contributed by atoms with van der Waals surface area (Å²) in [5.41, 5.74) is 5.38. The zero-order valence-corrected chi connectivity index (χ0v) is 9.12. The van der Waals surface area contributed by atoms with E-state index in [1.54, 1.807) is 0 Å². The second-order valence-corrected chi connectivity index (χ2v) is 3.34. The lowest BCUT2D eigenvalue weighted by Gasteiger charge is -2.14. The van der Waals surface area contributed by atoms with Gasteiger partial charge < -0.3 is 15.6 Å². The maximum atomic E-state index is 10.7. The number of aliphatic carboxylic acids is 1.